The Hall–Kier alpha value is -0.212. The molecule has 0 saturated heterocycles. The quantitative estimate of drug-likeness (QED) is 0.697. The molecule has 0 N–H and O–H groups in total. The Morgan fingerprint density at radius 2 is 2.18 bits per heavy atom. The van der Waals surface area contributed by atoms with Gasteiger partial charge in [0.05, 0.1) is 0 Å². The Morgan fingerprint density at radius 3 is 2.64 bits per heavy atom. The normalized spacial score (nSPS) is 15.9. The van der Waals surface area contributed by atoms with Crippen LogP contribution in [-0.4, -0.2) is 10.4 Å². The van der Waals surface area contributed by atoms with Crippen LogP contribution in [0, 0.1) is 12.5 Å². The number of allylic oxidation sites excluding steroid dienone is 2. The second kappa shape index (κ2) is 6.50. The molecule has 0 spiro atoms. The van der Waals surface area contributed by atoms with Crippen LogP contribution < -0.4 is 0 Å². The first-order valence-electron chi connectivity index (χ1n) is 3.64. The molecule has 0 bridgehead atoms. The van der Waals surface area contributed by atoms with Crippen LogP contribution in [0.5, 0.6) is 0 Å². The van der Waals surface area contributed by atoms with Gasteiger partial charge in [-0.15, -0.1) is 0 Å². The summed E-state index contributed by atoms with van der Waals surface area (Å²) in [6.45, 7) is 10.9. The molecular weight excluding hydrogens is 317 g/mol. The van der Waals surface area contributed by atoms with E-state index in [-0.39, 0.29) is 6.04 Å². The number of hydrogen-bond donors (Lipinski definition) is 0. The summed E-state index contributed by atoms with van der Waals surface area (Å²) in [6, 6.07) is 0.157. The molecule has 0 heterocycles. The standard InChI is InChI=1S/C9H13N.Pt/c1-5-6-8(2)7-9(3)10-4;/h1,5-6,8-9H,7H2,2-3H3;. The van der Waals surface area contributed by atoms with Gasteiger partial charge in [0.2, 0.25) is 0 Å². The van der Waals surface area contributed by atoms with Gasteiger partial charge in [0.25, 0.3) is 0 Å². The van der Waals surface area contributed by atoms with E-state index in [1.54, 1.807) is 0 Å². The van der Waals surface area contributed by atoms with Crippen molar-refractivity contribution in [2.45, 2.75) is 26.3 Å². The van der Waals surface area contributed by atoms with Gasteiger partial charge in [0, 0.05) is 0 Å². The third-order valence-electron chi connectivity index (χ3n) is 1.43. The van der Waals surface area contributed by atoms with Gasteiger partial charge in [-0.1, -0.05) is 0 Å². The van der Waals surface area contributed by atoms with E-state index >= 15 is 0 Å². The summed E-state index contributed by atoms with van der Waals surface area (Å²) in [6.07, 6.45) is 5.13. The molecule has 0 saturated carbocycles. The molecule has 2 heteroatoms. The fourth-order valence-electron chi connectivity index (χ4n) is 0.894. The van der Waals surface area contributed by atoms with Crippen molar-refractivity contribution >= 4 is 4.40 Å². The summed E-state index contributed by atoms with van der Waals surface area (Å²) >= 11 is 2.18. The molecule has 1 nitrogen and oxygen atoms in total. The van der Waals surface area contributed by atoms with Crippen LogP contribution in [0.1, 0.15) is 20.3 Å². The SMILES string of the molecule is [C-]#[N+]C(C)CC(C)C=C[CH]=[Pt]. The van der Waals surface area contributed by atoms with Crippen molar-refractivity contribution in [2.75, 3.05) is 0 Å². The molecule has 0 aliphatic carbocycles. The van der Waals surface area contributed by atoms with E-state index in [2.05, 4.69) is 37.2 Å². The summed E-state index contributed by atoms with van der Waals surface area (Å²) in [4.78, 5) is 3.44. The van der Waals surface area contributed by atoms with Crippen molar-refractivity contribution in [2.24, 2.45) is 5.92 Å². The van der Waals surface area contributed by atoms with Gasteiger partial charge >= 0.3 is 79.6 Å². The molecule has 0 rings (SSSR count). The monoisotopic (exact) mass is 330 g/mol. The zero-order valence-corrected chi connectivity index (χ0v) is 9.13. The summed E-state index contributed by atoms with van der Waals surface area (Å²) in [7, 11) is 0. The number of hydrogen-bond acceptors (Lipinski definition) is 0. The Labute approximate surface area is 79.7 Å². The minimum atomic E-state index is 0.157. The molecule has 64 valence electrons. The topological polar surface area (TPSA) is 4.36 Å². The van der Waals surface area contributed by atoms with E-state index in [1.165, 1.54) is 0 Å². The molecule has 0 aromatic carbocycles. The van der Waals surface area contributed by atoms with Crippen LogP contribution >= 0.6 is 0 Å². The molecule has 0 fully saturated rings. The van der Waals surface area contributed by atoms with Crippen LogP contribution in [-0.2, 0) is 19.4 Å². The van der Waals surface area contributed by atoms with Gasteiger partial charge in [-0.2, -0.15) is 0 Å². The average Bonchev–Trinajstić information content (AvgIpc) is 2.00. The zero-order chi connectivity index (χ0) is 8.69. The van der Waals surface area contributed by atoms with Gasteiger partial charge in [-0.3, -0.25) is 0 Å². The minimum absolute atomic E-state index is 0.157. The fraction of sp³-hybridized carbons (Fsp3) is 0.556. The van der Waals surface area contributed by atoms with Crippen LogP contribution in [0.25, 0.3) is 4.85 Å². The second-order valence-corrected chi connectivity index (χ2v) is 3.44. The molecular formula is C9H13NPt. The number of rotatable bonds is 4. The first-order chi connectivity index (χ1) is 5.20. The van der Waals surface area contributed by atoms with Crippen molar-refractivity contribution in [1.29, 1.82) is 0 Å². The summed E-state index contributed by atoms with van der Waals surface area (Å²) in [5.41, 5.74) is 0. The molecule has 11 heavy (non-hydrogen) atoms. The summed E-state index contributed by atoms with van der Waals surface area (Å²) < 4.78 is 1.99. The maximum absolute atomic E-state index is 6.77. The predicted molar refractivity (Wildman–Crippen MR) is 45.0 cm³/mol. The third kappa shape index (κ3) is 6.20. The van der Waals surface area contributed by atoms with Crippen LogP contribution in [0.4, 0.5) is 0 Å². The summed E-state index contributed by atoms with van der Waals surface area (Å²) in [5, 5.41) is 0. The van der Waals surface area contributed by atoms with Crippen LogP contribution in [0.3, 0.4) is 0 Å². The molecule has 0 radical (unpaired) electrons. The molecule has 0 aromatic rings. The van der Waals surface area contributed by atoms with Crippen molar-refractivity contribution < 1.29 is 19.4 Å². The molecule has 0 amide bonds. The van der Waals surface area contributed by atoms with E-state index in [9.17, 15) is 0 Å². The van der Waals surface area contributed by atoms with Crippen LogP contribution in [0.15, 0.2) is 12.2 Å². The molecule has 2 atom stereocenters. The molecule has 0 aliphatic heterocycles. The first kappa shape index (κ1) is 10.8. The summed E-state index contributed by atoms with van der Waals surface area (Å²) in [5.74, 6) is 0.519. The zero-order valence-electron chi connectivity index (χ0n) is 6.86. The average molecular weight is 330 g/mol. The van der Waals surface area contributed by atoms with Crippen molar-refractivity contribution in [3.8, 4) is 0 Å². The second-order valence-electron chi connectivity index (χ2n) is 2.68. The Kier molecular flexibility index (Phi) is 6.37. The number of nitrogens with zero attached hydrogens (tertiary/aromatic N) is 1. The van der Waals surface area contributed by atoms with E-state index in [0.717, 1.165) is 6.42 Å². The van der Waals surface area contributed by atoms with Gasteiger partial charge in [-0.05, 0) is 0 Å². The van der Waals surface area contributed by atoms with Gasteiger partial charge in [0.1, 0.15) is 0 Å². The van der Waals surface area contributed by atoms with Crippen molar-refractivity contribution in [3.63, 3.8) is 0 Å². The van der Waals surface area contributed by atoms with Gasteiger partial charge in [-0.25, -0.2) is 0 Å². The van der Waals surface area contributed by atoms with Crippen molar-refractivity contribution in [3.05, 3.63) is 23.6 Å². The fourth-order valence-corrected chi connectivity index (χ4v) is 1.15. The van der Waals surface area contributed by atoms with E-state index in [1.807, 2.05) is 17.4 Å². The van der Waals surface area contributed by atoms with E-state index in [4.69, 9.17) is 6.57 Å². The Morgan fingerprint density at radius 1 is 1.55 bits per heavy atom. The predicted octanol–water partition coefficient (Wildman–Crippen LogP) is 2.23. The van der Waals surface area contributed by atoms with Crippen LogP contribution in [0.2, 0.25) is 0 Å². The maximum atomic E-state index is 6.77. The molecule has 2 unspecified atom stereocenters. The molecule has 0 aliphatic rings. The van der Waals surface area contributed by atoms with Gasteiger partial charge in [0.15, 0.2) is 0 Å². The third-order valence-corrected chi connectivity index (χ3v) is 1.87. The Balaban J connectivity index is 3.70. The Bertz CT molecular complexity index is 178. The van der Waals surface area contributed by atoms with E-state index < -0.39 is 0 Å². The van der Waals surface area contributed by atoms with Gasteiger partial charge < -0.3 is 0 Å². The van der Waals surface area contributed by atoms with Crippen molar-refractivity contribution in [1.82, 2.24) is 0 Å². The molecule has 0 aromatic heterocycles. The van der Waals surface area contributed by atoms with E-state index in [0.29, 0.717) is 5.92 Å². The first-order valence-corrected chi connectivity index (χ1v) is 4.95.